The second-order valence-electron chi connectivity index (χ2n) is 3.45. The Morgan fingerprint density at radius 1 is 1.39 bits per heavy atom. The molecule has 4 nitrogen and oxygen atoms in total. The number of allylic oxidation sites excluding steroid dienone is 1. The highest BCUT2D eigenvalue weighted by Crippen LogP contribution is 2.19. The molecule has 0 amide bonds. The lowest BCUT2D eigenvalue weighted by Gasteiger charge is -2.09. The largest absolute Gasteiger partial charge is 0.404 e. The van der Waals surface area contributed by atoms with Gasteiger partial charge in [-0.3, -0.25) is 9.71 Å². The minimum atomic E-state index is -4.77. The van der Waals surface area contributed by atoms with Gasteiger partial charge in [-0.2, -0.15) is 13.2 Å². The molecule has 18 heavy (non-hydrogen) atoms. The van der Waals surface area contributed by atoms with Crippen LogP contribution in [0.5, 0.6) is 0 Å². The molecule has 1 aromatic rings. The molecule has 1 aromatic heterocycles. The van der Waals surface area contributed by atoms with Crippen molar-refractivity contribution in [1.29, 1.82) is 0 Å². The Kier molecular flexibility index (Phi) is 4.33. The zero-order valence-corrected chi connectivity index (χ0v) is 10.2. The Balaban J connectivity index is 2.79. The van der Waals surface area contributed by atoms with Gasteiger partial charge in [0.15, 0.2) is 5.75 Å². The minimum Gasteiger partial charge on any atom is -0.282 e. The van der Waals surface area contributed by atoms with Crippen LogP contribution in [0.1, 0.15) is 12.6 Å². The van der Waals surface area contributed by atoms with Crippen LogP contribution >= 0.6 is 0 Å². The van der Waals surface area contributed by atoms with E-state index >= 15 is 0 Å². The van der Waals surface area contributed by atoms with Crippen molar-refractivity contribution >= 4 is 21.8 Å². The van der Waals surface area contributed by atoms with Gasteiger partial charge in [-0.1, -0.05) is 6.08 Å². The Hall–Kier alpha value is -1.57. The first-order valence-corrected chi connectivity index (χ1v) is 6.53. The normalized spacial score (nSPS) is 12.9. The van der Waals surface area contributed by atoms with Crippen LogP contribution in [0.25, 0.3) is 6.08 Å². The number of hydrogen-bond acceptors (Lipinski definition) is 3. The molecule has 0 atom stereocenters. The molecule has 0 bridgehead atoms. The summed E-state index contributed by atoms with van der Waals surface area (Å²) in [6.45, 7) is 1.78. The fourth-order valence-electron chi connectivity index (χ4n) is 1.17. The number of nitrogens with zero attached hydrogens (tertiary/aromatic N) is 1. The maximum Gasteiger partial charge on any atom is 0.404 e. The first kappa shape index (κ1) is 14.5. The average Bonchev–Trinajstić information content (AvgIpc) is 2.17. The van der Waals surface area contributed by atoms with Crippen molar-refractivity contribution in [3.05, 3.63) is 30.1 Å². The Bertz CT molecular complexity index is 521. The van der Waals surface area contributed by atoms with Crippen molar-refractivity contribution in [2.45, 2.75) is 13.1 Å². The number of aromatic nitrogens is 1. The van der Waals surface area contributed by atoms with Gasteiger partial charge in [0, 0.05) is 0 Å². The molecule has 0 fully saturated rings. The van der Waals surface area contributed by atoms with Crippen molar-refractivity contribution in [2.24, 2.45) is 0 Å². The number of rotatable bonds is 4. The van der Waals surface area contributed by atoms with Crippen LogP contribution in [-0.2, 0) is 10.0 Å². The third kappa shape index (κ3) is 5.17. The van der Waals surface area contributed by atoms with Crippen LogP contribution in [-0.4, -0.2) is 25.3 Å². The zero-order chi connectivity index (χ0) is 13.8. The van der Waals surface area contributed by atoms with E-state index in [0.717, 1.165) is 6.20 Å². The fourth-order valence-corrected chi connectivity index (χ4v) is 2.15. The summed E-state index contributed by atoms with van der Waals surface area (Å²) in [4.78, 5) is 3.85. The maximum atomic E-state index is 12.0. The van der Waals surface area contributed by atoms with E-state index in [1.165, 1.54) is 12.1 Å². The van der Waals surface area contributed by atoms with E-state index in [0.29, 0.717) is 5.69 Å². The molecule has 0 unspecified atom stereocenters. The van der Waals surface area contributed by atoms with Crippen LogP contribution in [0, 0.1) is 0 Å². The minimum absolute atomic E-state index is 0.00694. The van der Waals surface area contributed by atoms with E-state index in [2.05, 4.69) is 4.98 Å². The van der Waals surface area contributed by atoms with Gasteiger partial charge < -0.3 is 0 Å². The predicted molar refractivity (Wildman–Crippen MR) is 62.4 cm³/mol. The van der Waals surface area contributed by atoms with E-state index in [4.69, 9.17) is 0 Å². The summed E-state index contributed by atoms with van der Waals surface area (Å²) in [6, 6.07) is 2.84. The number of hydrogen-bond donors (Lipinski definition) is 1. The molecule has 0 aliphatic rings. The van der Waals surface area contributed by atoms with Gasteiger partial charge in [-0.15, -0.1) is 0 Å². The Morgan fingerprint density at radius 3 is 2.50 bits per heavy atom. The molecule has 0 aliphatic carbocycles. The molecule has 8 heteroatoms. The van der Waals surface area contributed by atoms with Crippen molar-refractivity contribution < 1.29 is 21.6 Å². The van der Waals surface area contributed by atoms with Gasteiger partial charge in [0.25, 0.3) is 0 Å². The standard InChI is InChI=1S/C10H11F3N2O2S/c1-2-3-8-4-5-9(6-14-8)15-18(16,17)7-10(11,12)13/h2-6,15H,7H2,1H3/b3-2+. The fraction of sp³-hybridized carbons (Fsp3) is 0.300. The average molecular weight is 280 g/mol. The highest BCUT2D eigenvalue weighted by atomic mass is 32.2. The second-order valence-corrected chi connectivity index (χ2v) is 5.17. The van der Waals surface area contributed by atoms with E-state index in [1.807, 2.05) is 4.72 Å². The molecular weight excluding hydrogens is 269 g/mol. The molecule has 0 saturated carbocycles. The Labute approximate surface area is 103 Å². The van der Waals surface area contributed by atoms with Gasteiger partial charge in [0.1, 0.15) is 0 Å². The molecule has 100 valence electrons. The molecule has 1 N–H and O–H groups in total. The predicted octanol–water partition coefficient (Wildman–Crippen LogP) is 2.42. The monoisotopic (exact) mass is 280 g/mol. The van der Waals surface area contributed by atoms with Crippen molar-refractivity contribution in [3.63, 3.8) is 0 Å². The van der Waals surface area contributed by atoms with Crippen LogP contribution < -0.4 is 4.72 Å². The summed E-state index contributed by atoms with van der Waals surface area (Å²) >= 11 is 0. The highest BCUT2D eigenvalue weighted by molar-refractivity contribution is 7.92. The molecule has 0 saturated heterocycles. The molecule has 0 spiro atoms. The van der Waals surface area contributed by atoms with E-state index in [-0.39, 0.29) is 5.69 Å². The first-order chi connectivity index (χ1) is 8.22. The lowest BCUT2D eigenvalue weighted by molar-refractivity contribution is -0.106. The third-order valence-corrected chi connectivity index (χ3v) is 3.00. The van der Waals surface area contributed by atoms with Gasteiger partial charge >= 0.3 is 6.18 Å². The number of anilines is 1. The number of alkyl halides is 3. The van der Waals surface area contributed by atoms with E-state index in [9.17, 15) is 21.6 Å². The molecule has 1 heterocycles. The van der Waals surface area contributed by atoms with E-state index in [1.54, 1.807) is 19.1 Å². The second kappa shape index (κ2) is 5.38. The van der Waals surface area contributed by atoms with Crippen LogP contribution in [0.15, 0.2) is 24.4 Å². The lowest BCUT2D eigenvalue weighted by atomic mass is 10.3. The summed E-state index contributed by atoms with van der Waals surface area (Å²) in [5.41, 5.74) is 0.573. The van der Waals surface area contributed by atoms with Gasteiger partial charge in [0.05, 0.1) is 17.6 Å². The number of halogens is 3. The lowest BCUT2D eigenvalue weighted by Crippen LogP contribution is -2.27. The van der Waals surface area contributed by atoms with Gasteiger partial charge in [-0.25, -0.2) is 8.42 Å². The Morgan fingerprint density at radius 2 is 2.06 bits per heavy atom. The van der Waals surface area contributed by atoms with E-state index < -0.39 is 22.0 Å². The molecule has 1 rings (SSSR count). The van der Waals surface area contributed by atoms with Crippen molar-refractivity contribution in [3.8, 4) is 0 Å². The summed E-state index contributed by atoms with van der Waals surface area (Å²) in [5, 5.41) is 0. The molecule has 0 radical (unpaired) electrons. The molecule has 0 aromatic carbocycles. The summed E-state index contributed by atoms with van der Waals surface area (Å²) in [6.07, 6.45) is -0.211. The third-order valence-electron chi connectivity index (χ3n) is 1.75. The van der Waals surface area contributed by atoms with Crippen LogP contribution in [0.4, 0.5) is 18.9 Å². The molecule has 0 aliphatic heterocycles. The smallest absolute Gasteiger partial charge is 0.282 e. The van der Waals surface area contributed by atoms with Gasteiger partial charge in [-0.05, 0) is 25.1 Å². The first-order valence-electron chi connectivity index (χ1n) is 4.88. The van der Waals surface area contributed by atoms with Crippen LogP contribution in [0.3, 0.4) is 0 Å². The van der Waals surface area contributed by atoms with Gasteiger partial charge in [0.2, 0.25) is 10.0 Å². The van der Waals surface area contributed by atoms with Crippen molar-refractivity contribution in [1.82, 2.24) is 4.98 Å². The topological polar surface area (TPSA) is 59.1 Å². The number of nitrogens with one attached hydrogen (secondary N) is 1. The zero-order valence-electron chi connectivity index (χ0n) is 9.40. The van der Waals surface area contributed by atoms with Crippen molar-refractivity contribution in [2.75, 3.05) is 10.5 Å². The molecular formula is C10H11F3N2O2S. The summed E-state index contributed by atoms with van der Waals surface area (Å²) in [7, 11) is -4.45. The number of sulfonamides is 1. The van der Waals surface area contributed by atoms with Crippen LogP contribution in [0.2, 0.25) is 0 Å². The summed E-state index contributed by atoms with van der Waals surface area (Å²) in [5.74, 6) is -1.92. The quantitative estimate of drug-likeness (QED) is 0.921. The summed E-state index contributed by atoms with van der Waals surface area (Å²) < 4.78 is 60.0. The SMILES string of the molecule is C/C=C/c1ccc(NS(=O)(=O)CC(F)(F)F)cn1. The maximum absolute atomic E-state index is 12.0. The highest BCUT2D eigenvalue weighted by Gasteiger charge is 2.35. The number of pyridine rings is 1.